The van der Waals surface area contributed by atoms with E-state index < -0.39 is 16.2 Å². The summed E-state index contributed by atoms with van der Waals surface area (Å²) in [6.07, 6.45) is 10.6. The maximum absolute atomic E-state index is 12.9. The maximum Gasteiger partial charge on any atom is 0.226 e. The molecule has 0 radical (unpaired) electrons. The second-order valence-electron chi connectivity index (χ2n) is 9.04. The van der Waals surface area contributed by atoms with Crippen molar-refractivity contribution in [1.29, 1.82) is 5.26 Å². The Kier molecular flexibility index (Phi) is 4.30. The molecule has 148 valence electrons. The third-order valence-electron chi connectivity index (χ3n) is 6.99. The lowest BCUT2D eigenvalue weighted by molar-refractivity contribution is -0.130. The van der Waals surface area contributed by atoms with Crippen LogP contribution in [0.15, 0.2) is 52.3 Å². The summed E-state index contributed by atoms with van der Waals surface area (Å²) in [6, 6.07) is 2.01. The van der Waals surface area contributed by atoms with Crippen LogP contribution in [0.5, 0.6) is 0 Å². The summed E-state index contributed by atoms with van der Waals surface area (Å²) in [5.74, 6) is 5.91. The van der Waals surface area contributed by atoms with Gasteiger partial charge in [-0.25, -0.2) is 4.85 Å². The molecule has 0 N–H and O–H groups in total. The van der Waals surface area contributed by atoms with Crippen LogP contribution in [0.3, 0.4) is 0 Å². The summed E-state index contributed by atoms with van der Waals surface area (Å²) < 4.78 is 0. The summed E-state index contributed by atoms with van der Waals surface area (Å²) in [5.41, 5.74) is -0.501. The van der Waals surface area contributed by atoms with Crippen molar-refractivity contribution in [3.63, 3.8) is 0 Å². The zero-order chi connectivity index (χ0) is 21.7. The number of nitriles is 1. The summed E-state index contributed by atoms with van der Waals surface area (Å²) in [5, 5.41) is 9.49. The first kappa shape index (κ1) is 19.8. The fraction of sp³-hybridized carbons (Fsp3) is 0.400. The Hall–Kier alpha value is -3.49. The number of allylic oxidation sites excluding steroid dienone is 7. The Morgan fingerprint density at radius 1 is 1.27 bits per heavy atom. The van der Waals surface area contributed by atoms with Crippen LogP contribution in [0.25, 0.3) is 4.85 Å². The minimum absolute atomic E-state index is 0.0699. The molecule has 5 heteroatoms. The number of Topliss-reactive ketones (excluding diaryl/α,β-unsaturated/α-hetero) is 1. The molecule has 1 aliphatic heterocycles. The van der Waals surface area contributed by atoms with Crippen molar-refractivity contribution >= 4 is 17.3 Å². The van der Waals surface area contributed by atoms with Gasteiger partial charge in [-0.1, -0.05) is 38.8 Å². The van der Waals surface area contributed by atoms with Gasteiger partial charge < -0.3 is 4.79 Å². The molecule has 0 amide bonds. The highest BCUT2D eigenvalue weighted by Gasteiger charge is 2.59. The Labute approximate surface area is 176 Å². The molecule has 0 aromatic carbocycles. The van der Waals surface area contributed by atoms with Gasteiger partial charge in [-0.3, -0.25) is 9.79 Å². The molecule has 1 saturated carbocycles. The first-order chi connectivity index (χ1) is 14.2. The quantitative estimate of drug-likeness (QED) is 0.457. The molecule has 3 aliphatic carbocycles. The molecular formula is C25H21N3O2. The van der Waals surface area contributed by atoms with Crippen molar-refractivity contribution in [3.05, 3.63) is 58.8 Å². The van der Waals surface area contributed by atoms with Gasteiger partial charge in [0.15, 0.2) is 11.6 Å². The van der Waals surface area contributed by atoms with E-state index in [2.05, 4.69) is 21.7 Å². The van der Waals surface area contributed by atoms with Crippen LogP contribution in [0.2, 0.25) is 0 Å². The van der Waals surface area contributed by atoms with E-state index in [0.29, 0.717) is 19.3 Å². The number of carbonyl (C=O) groups is 2. The highest BCUT2D eigenvalue weighted by Crippen LogP contribution is 2.63. The Morgan fingerprint density at radius 3 is 2.67 bits per heavy atom. The summed E-state index contributed by atoms with van der Waals surface area (Å²) >= 11 is 0. The average molecular weight is 395 g/mol. The average Bonchev–Trinajstić information content (AvgIpc) is 3.23. The van der Waals surface area contributed by atoms with E-state index in [1.165, 1.54) is 6.08 Å². The smallest absolute Gasteiger partial charge is 0.226 e. The second kappa shape index (κ2) is 6.51. The topological polar surface area (TPSA) is 74.7 Å². The third kappa shape index (κ3) is 2.65. The van der Waals surface area contributed by atoms with Crippen LogP contribution in [-0.2, 0) is 9.59 Å². The molecule has 3 atom stereocenters. The van der Waals surface area contributed by atoms with Gasteiger partial charge in [-0.15, -0.1) is 0 Å². The Morgan fingerprint density at radius 2 is 2.03 bits per heavy atom. The lowest BCUT2D eigenvalue weighted by atomic mass is 9.46. The molecule has 5 nitrogen and oxygen atoms in total. The van der Waals surface area contributed by atoms with E-state index in [9.17, 15) is 14.9 Å². The molecule has 0 bridgehead atoms. The summed E-state index contributed by atoms with van der Waals surface area (Å²) in [6.45, 7) is 13.3. The number of hydrogen-bond acceptors (Lipinski definition) is 4. The van der Waals surface area contributed by atoms with Crippen LogP contribution in [-0.4, -0.2) is 17.3 Å². The van der Waals surface area contributed by atoms with E-state index in [1.807, 2.05) is 32.9 Å². The number of hydrogen-bond donors (Lipinski definition) is 0. The number of carbonyl (C=O) groups excluding carboxylic acids is 2. The molecule has 1 fully saturated rings. The SMILES string of the molecule is [C-]#[N+]C1=CC2(C)C3=CC(=O)C(C#N)=CC3(C#CC3=NC=CC3)CCC2C(C)(C)C1=O. The highest BCUT2D eigenvalue weighted by atomic mass is 16.1. The van der Waals surface area contributed by atoms with Crippen molar-refractivity contribution < 1.29 is 9.59 Å². The highest BCUT2D eigenvalue weighted by molar-refractivity contribution is 6.10. The van der Waals surface area contributed by atoms with Gasteiger partial charge in [0.05, 0.1) is 23.3 Å². The normalized spacial score (nSPS) is 33.4. The van der Waals surface area contributed by atoms with Gasteiger partial charge in [0.25, 0.3) is 0 Å². The van der Waals surface area contributed by atoms with Crippen LogP contribution in [0.1, 0.15) is 40.0 Å². The Balaban J connectivity index is 1.94. The number of ketones is 2. The minimum Gasteiger partial charge on any atom is -0.307 e. The number of nitrogens with zero attached hydrogens (tertiary/aromatic N) is 3. The van der Waals surface area contributed by atoms with E-state index in [4.69, 9.17) is 6.57 Å². The maximum atomic E-state index is 12.9. The standard InChI is InChI=1S/C25H21N3O2/c1-23(2)20-8-10-25(9-7-17-6-5-11-28-17)13-16(15-26)19(29)12-21(25)24(20,3)14-18(27-4)22(23)30/h5,11-14,20H,6,8,10H2,1-3H3. The largest absolute Gasteiger partial charge is 0.307 e. The van der Waals surface area contributed by atoms with Gasteiger partial charge in [0, 0.05) is 23.5 Å². The number of fused-ring (bicyclic) bond motifs is 3. The molecule has 0 aromatic heterocycles. The predicted molar refractivity (Wildman–Crippen MR) is 112 cm³/mol. The Bertz CT molecular complexity index is 1180. The number of rotatable bonds is 0. The molecule has 1 heterocycles. The first-order valence-corrected chi connectivity index (χ1v) is 9.98. The fourth-order valence-electron chi connectivity index (χ4n) is 5.53. The van der Waals surface area contributed by atoms with Crippen molar-refractivity contribution in [3.8, 4) is 17.9 Å². The van der Waals surface area contributed by atoms with Crippen LogP contribution in [0, 0.1) is 51.9 Å². The van der Waals surface area contributed by atoms with Crippen molar-refractivity contribution in [2.75, 3.05) is 0 Å². The summed E-state index contributed by atoms with van der Waals surface area (Å²) in [7, 11) is 0. The molecule has 30 heavy (non-hydrogen) atoms. The van der Waals surface area contributed by atoms with E-state index in [-0.39, 0.29) is 28.8 Å². The minimum atomic E-state index is -0.796. The third-order valence-corrected chi connectivity index (χ3v) is 6.99. The molecule has 4 aliphatic rings. The van der Waals surface area contributed by atoms with Gasteiger partial charge >= 0.3 is 0 Å². The zero-order valence-electron chi connectivity index (χ0n) is 17.2. The molecule has 3 unspecified atom stereocenters. The van der Waals surface area contributed by atoms with Gasteiger partial charge in [0.2, 0.25) is 5.70 Å². The van der Waals surface area contributed by atoms with Gasteiger partial charge in [-0.05, 0) is 42.4 Å². The van der Waals surface area contributed by atoms with E-state index in [1.54, 1.807) is 18.4 Å². The fourth-order valence-corrected chi connectivity index (χ4v) is 5.53. The van der Waals surface area contributed by atoms with Crippen molar-refractivity contribution in [2.24, 2.45) is 27.2 Å². The monoisotopic (exact) mass is 395 g/mol. The molecule has 0 aromatic rings. The summed E-state index contributed by atoms with van der Waals surface area (Å²) in [4.78, 5) is 33.3. The molecule has 0 spiro atoms. The molecule has 4 rings (SSSR count). The van der Waals surface area contributed by atoms with Gasteiger partial charge in [0.1, 0.15) is 6.07 Å². The van der Waals surface area contributed by atoms with E-state index >= 15 is 0 Å². The molecule has 0 saturated heterocycles. The first-order valence-electron chi connectivity index (χ1n) is 9.98. The lowest BCUT2D eigenvalue weighted by Gasteiger charge is -2.56. The lowest BCUT2D eigenvalue weighted by Crippen LogP contribution is -2.53. The predicted octanol–water partition coefficient (Wildman–Crippen LogP) is 4.12. The van der Waals surface area contributed by atoms with Crippen LogP contribution in [0.4, 0.5) is 0 Å². The number of aliphatic imine (C=N–C) groups is 1. The van der Waals surface area contributed by atoms with Gasteiger partial charge in [-0.2, -0.15) is 5.26 Å². The van der Waals surface area contributed by atoms with Crippen molar-refractivity contribution in [2.45, 2.75) is 40.0 Å². The van der Waals surface area contributed by atoms with Crippen molar-refractivity contribution in [1.82, 2.24) is 0 Å². The van der Waals surface area contributed by atoms with Crippen LogP contribution < -0.4 is 0 Å². The second-order valence-corrected chi connectivity index (χ2v) is 9.04. The van der Waals surface area contributed by atoms with Crippen LogP contribution >= 0.6 is 0 Å². The molecular weight excluding hydrogens is 374 g/mol. The van der Waals surface area contributed by atoms with E-state index in [0.717, 1.165) is 11.3 Å². The zero-order valence-corrected chi connectivity index (χ0v) is 17.2.